The van der Waals surface area contributed by atoms with E-state index in [2.05, 4.69) is 61.2 Å². The summed E-state index contributed by atoms with van der Waals surface area (Å²) in [6, 6.07) is 65.3. The Balaban J connectivity index is 0.000000139. The van der Waals surface area contributed by atoms with Crippen molar-refractivity contribution in [2.75, 3.05) is 96.7 Å². The molecule has 3 aliphatic rings. The van der Waals surface area contributed by atoms with Gasteiger partial charge in [-0.1, -0.05) is 128 Å². The summed E-state index contributed by atoms with van der Waals surface area (Å²) in [5, 5.41) is 2.87. The minimum absolute atomic E-state index is 0.0964. The molecule has 584 valence electrons. The van der Waals surface area contributed by atoms with E-state index in [1.165, 1.54) is 19.0 Å². The van der Waals surface area contributed by atoms with E-state index in [0.717, 1.165) is 132 Å². The van der Waals surface area contributed by atoms with Gasteiger partial charge in [-0.25, -0.2) is 44.4 Å². The number of rotatable bonds is 16. The van der Waals surface area contributed by atoms with Crippen LogP contribution < -0.4 is 26.7 Å². The van der Waals surface area contributed by atoms with Crippen molar-refractivity contribution >= 4 is 98.1 Å². The Morgan fingerprint density at radius 2 is 0.703 bits per heavy atom. The minimum atomic E-state index is -0.239. The first kappa shape index (κ1) is 78.2. The average molecular weight is 1580 g/mol. The van der Waals surface area contributed by atoms with Crippen molar-refractivity contribution in [3.63, 3.8) is 0 Å². The summed E-state index contributed by atoms with van der Waals surface area (Å²) in [6.07, 6.45) is 15.2. The van der Waals surface area contributed by atoms with Gasteiger partial charge in [-0.05, 0) is 169 Å². The van der Waals surface area contributed by atoms with Crippen LogP contribution in [0.5, 0.6) is 23.0 Å². The molecule has 26 heteroatoms. The van der Waals surface area contributed by atoms with Gasteiger partial charge in [0, 0.05) is 123 Å². The first-order valence-corrected chi connectivity index (χ1v) is 38.4. The number of hydrogen-bond donors (Lipinski definition) is 3. The Bertz CT molecular complexity index is 6320. The molecule has 0 aliphatic carbocycles. The highest BCUT2D eigenvalue weighted by atomic mass is 35.5. The molecule has 25 nitrogen and oxygen atoms in total. The predicted octanol–water partition coefficient (Wildman–Crippen LogP) is 16.1. The number of nitrogens with zero attached hydrogens (tertiary/aromatic N) is 17. The zero-order chi connectivity index (χ0) is 81.9. The van der Waals surface area contributed by atoms with Gasteiger partial charge in [-0.3, -0.25) is 14.4 Å². The van der Waals surface area contributed by atoms with E-state index in [4.69, 9.17) is 58.0 Å². The number of amides is 3. The highest BCUT2D eigenvalue weighted by Gasteiger charge is 2.30. The predicted molar refractivity (Wildman–Crippen MR) is 462 cm³/mol. The fourth-order valence-corrected chi connectivity index (χ4v) is 14.5. The first-order valence-electron chi connectivity index (χ1n) is 38.1. The number of halogens is 1. The normalized spacial score (nSPS) is 14.1. The fraction of sp³-hybridized carbons (Fsp3) is 0.152. The molecule has 3 amide bonds. The van der Waals surface area contributed by atoms with Gasteiger partial charge < -0.3 is 64.9 Å². The highest BCUT2D eigenvalue weighted by Crippen LogP contribution is 2.40. The molecule has 14 aromatic rings. The fourth-order valence-electron chi connectivity index (χ4n) is 14.3. The quantitative estimate of drug-likeness (QED) is 0.0599. The molecule has 0 radical (unpaired) electrons. The molecule has 3 fully saturated rings. The number of ether oxygens (including phenoxy) is 2. The lowest BCUT2D eigenvalue weighted by Gasteiger charge is -2.37. The number of carbonyl (C=O) groups is 3. The number of anilines is 3. The molecule has 3 aliphatic heterocycles. The summed E-state index contributed by atoms with van der Waals surface area (Å²) < 4.78 is 17.7. The van der Waals surface area contributed by atoms with Crippen LogP contribution in [0.3, 0.4) is 0 Å². The summed E-state index contributed by atoms with van der Waals surface area (Å²) in [5.41, 5.74) is 31.4. The summed E-state index contributed by atoms with van der Waals surface area (Å²) in [4.78, 5) is 85.3. The molecule has 17 rings (SSSR count). The maximum absolute atomic E-state index is 13.1. The van der Waals surface area contributed by atoms with Crippen LogP contribution >= 0.6 is 11.6 Å². The summed E-state index contributed by atoms with van der Waals surface area (Å²) in [7, 11) is 4.06. The van der Waals surface area contributed by atoms with Crippen LogP contribution in [0, 0.1) is 25.6 Å². The number of likely N-dealkylation sites (N-methyl/N-ethyl adjacent to an activating group) is 2. The Kier molecular flexibility index (Phi) is 23.3. The van der Waals surface area contributed by atoms with Crippen LogP contribution in [0.1, 0.15) is 23.6 Å². The van der Waals surface area contributed by atoms with E-state index in [-0.39, 0.29) is 34.8 Å². The molecular formula is C92H79ClN20O5. The summed E-state index contributed by atoms with van der Waals surface area (Å²) in [6.45, 7) is 32.0. The number of hydrogen-bond acceptors (Lipinski definition) is 16. The van der Waals surface area contributed by atoms with Gasteiger partial charge in [0.15, 0.2) is 16.9 Å². The van der Waals surface area contributed by atoms with Gasteiger partial charge in [0.1, 0.15) is 59.4 Å². The zero-order valence-electron chi connectivity index (χ0n) is 64.7. The van der Waals surface area contributed by atoms with Crippen LogP contribution in [0.2, 0.25) is 5.02 Å². The number of piperazine rings is 2. The van der Waals surface area contributed by atoms with Crippen molar-refractivity contribution in [1.29, 1.82) is 0 Å². The zero-order valence-corrected chi connectivity index (χ0v) is 65.5. The van der Waals surface area contributed by atoms with Gasteiger partial charge >= 0.3 is 0 Å². The number of benzene rings is 8. The summed E-state index contributed by atoms with van der Waals surface area (Å²) in [5.74, 6) is 3.88. The second-order valence-electron chi connectivity index (χ2n) is 28.7. The number of carbonyl (C=O) groups excluding carboxylic acids is 3. The lowest BCUT2D eigenvalue weighted by Crippen LogP contribution is -2.48. The number of likely N-dealkylation sites (tertiary alicyclic amines) is 1. The van der Waals surface area contributed by atoms with Gasteiger partial charge in [0.2, 0.25) is 0 Å². The van der Waals surface area contributed by atoms with Crippen molar-refractivity contribution in [3.8, 4) is 73.4 Å². The number of aromatic nitrogens is 9. The van der Waals surface area contributed by atoms with Crippen LogP contribution in [-0.2, 0) is 14.4 Å². The largest absolute Gasteiger partial charge is 0.457 e. The van der Waals surface area contributed by atoms with E-state index in [1.54, 1.807) is 32.9 Å². The van der Waals surface area contributed by atoms with E-state index in [1.807, 2.05) is 253 Å². The molecule has 9 heterocycles. The number of para-hydroxylation sites is 2. The van der Waals surface area contributed by atoms with Crippen LogP contribution in [0.15, 0.2) is 261 Å². The third-order valence-corrected chi connectivity index (χ3v) is 20.8. The lowest BCUT2D eigenvalue weighted by molar-refractivity contribution is -0.132. The monoisotopic (exact) mass is 1580 g/mol. The van der Waals surface area contributed by atoms with E-state index >= 15 is 0 Å². The molecule has 6 aromatic heterocycles. The van der Waals surface area contributed by atoms with Crippen LogP contribution in [0.4, 0.5) is 17.5 Å². The Morgan fingerprint density at radius 1 is 0.398 bits per heavy atom. The average Bonchev–Trinajstić information content (AvgIpc) is 1.62. The van der Waals surface area contributed by atoms with Gasteiger partial charge in [-0.2, -0.15) is 0 Å². The molecule has 0 bridgehead atoms. The minimum Gasteiger partial charge on any atom is -0.457 e. The van der Waals surface area contributed by atoms with Gasteiger partial charge in [-0.15, -0.1) is 0 Å². The van der Waals surface area contributed by atoms with E-state index in [9.17, 15) is 14.4 Å². The number of nitrogen functional groups attached to an aromatic ring is 3. The Hall–Kier alpha value is -15.1. The SMILES string of the molecule is [C-]#[N+]/C(=C\c1cccc(-n2cc(-c3ccc(Cl)cc3)c3c(N)ncnc32)c1)C(=O)N1CCN(C)CC1.[C-]#[N+]/C(=C\c1cccc(-n2cc(-c3ccc(Oc4ccccc4)cc3)c3c(N)ncnc32)c1)C(=O)N1CC(C)C1.[C-]#[N+]/C(=C\c1cccc(-n2cc(-c3ccc(Oc4ccccc4)cc3)c3c(N)ncnc32)c1)C(=O)N1CCN(C)CC1. The van der Waals surface area contributed by atoms with E-state index < -0.39 is 0 Å². The van der Waals surface area contributed by atoms with E-state index in [0.29, 0.717) is 84.6 Å². The Morgan fingerprint density at radius 3 is 1.02 bits per heavy atom. The van der Waals surface area contributed by atoms with Crippen molar-refractivity contribution in [2.24, 2.45) is 5.92 Å². The molecule has 0 spiro atoms. The molecule has 0 atom stereocenters. The molecule has 0 unspecified atom stereocenters. The van der Waals surface area contributed by atoms with Crippen molar-refractivity contribution in [2.45, 2.75) is 6.92 Å². The van der Waals surface area contributed by atoms with Gasteiger partial charge in [0.05, 0.1) is 35.9 Å². The van der Waals surface area contributed by atoms with Crippen molar-refractivity contribution < 1.29 is 23.9 Å². The number of nitrogens with two attached hydrogens (primary N) is 3. The van der Waals surface area contributed by atoms with Crippen LogP contribution in [0.25, 0.3) is 116 Å². The van der Waals surface area contributed by atoms with Gasteiger partial charge in [0.25, 0.3) is 34.8 Å². The van der Waals surface area contributed by atoms with Crippen molar-refractivity contribution in [1.82, 2.24) is 68.1 Å². The molecule has 6 N–H and O–H groups in total. The van der Waals surface area contributed by atoms with Crippen molar-refractivity contribution in [3.05, 3.63) is 317 Å². The topological polar surface area (TPSA) is 269 Å². The second-order valence-corrected chi connectivity index (χ2v) is 29.1. The standard InChI is InChI=1S/C33H29N7O2.C32H26N6O2.C27H24ClN7O/c1-35-29(33(41)39-17-15-38(2)16-18-39)20-23-7-6-8-25(19-23)40-21-28(30-31(34)36-22-37-32(30)40)24-11-13-27(14-12-24)42-26-9-4-3-5-10-26;1-21-17-37(18-21)32(39)28(34-2)16-22-7-6-8-24(15-22)38-19-27(29-30(33)35-20-36-31(29)38)23-11-13-26(14-12-23)40-25-9-4-3-5-10-25;1-30-23(27(36)34-12-10-33(2)11-13-34)15-18-4-3-5-21(14-18)35-16-22(19-6-8-20(28)9-7-19)24-25(29)31-17-32-26(24)35/h3-14,19-22H,15-18H2,2H3,(H2,34,36,37);3-16,19-21H,17-18H2,1H3,(H2,33,35,36);3-9,14-17H,10-13H2,2H3,(H2,29,31,32)/b29-20-;28-16-;23-15-. The highest BCUT2D eigenvalue weighted by molar-refractivity contribution is 6.30. The Labute approximate surface area is 686 Å². The maximum atomic E-state index is 13.1. The molecule has 8 aromatic carbocycles. The smallest absolute Gasteiger partial charge is 0.252 e. The number of fused-ring (bicyclic) bond motifs is 3. The first-order chi connectivity index (χ1) is 57.4. The molecule has 118 heavy (non-hydrogen) atoms. The molecule has 3 saturated heterocycles. The second kappa shape index (κ2) is 35.1. The van der Waals surface area contributed by atoms with Crippen LogP contribution in [-0.4, -0.2) is 165 Å². The third-order valence-electron chi connectivity index (χ3n) is 20.6. The lowest BCUT2D eigenvalue weighted by atomic mass is 10.0. The maximum Gasteiger partial charge on any atom is 0.252 e. The molecular weight excluding hydrogens is 1500 g/mol. The third kappa shape index (κ3) is 17.4. The summed E-state index contributed by atoms with van der Waals surface area (Å²) >= 11 is 6.09. The molecule has 0 saturated carbocycles.